The molecule has 0 fully saturated rings. The second-order valence-corrected chi connectivity index (χ2v) is 4.38. The van der Waals surface area contributed by atoms with Gasteiger partial charge in [0.2, 0.25) is 5.91 Å². The molecule has 0 aliphatic rings. The van der Waals surface area contributed by atoms with Crippen LogP contribution in [0.1, 0.15) is 12.5 Å². The third-order valence-electron chi connectivity index (χ3n) is 2.21. The minimum absolute atomic E-state index is 0.132. The Morgan fingerprint density at radius 1 is 1.53 bits per heavy atom. The zero-order valence-electron chi connectivity index (χ0n) is 8.66. The summed E-state index contributed by atoms with van der Waals surface area (Å²) in [5.41, 5.74) is 6.33. The Hall–Kier alpha value is -0.870. The Morgan fingerprint density at radius 3 is 2.80 bits per heavy atom. The highest BCUT2D eigenvalue weighted by Gasteiger charge is 2.07. The smallest absolute Gasteiger partial charge is 0.221 e. The molecule has 0 aliphatic carbocycles. The molecule has 0 bridgehead atoms. The topological polar surface area (TPSA) is 55.1 Å². The third-order valence-corrected chi connectivity index (χ3v) is 2.98. The van der Waals surface area contributed by atoms with E-state index in [0.29, 0.717) is 6.54 Å². The van der Waals surface area contributed by atoms with Crippen LogP contribution in [0.5, 0.6) is 0 Å². The maximum Gasteiger partial charge on any atom is 0.221 e. The van der Waals surface area contributed by atoms with Gasteiger partial charge in [-0.25, -0.2) is 0 Å². The molecule has 15 heavy (non-hydrogen) atoms. The number of nitrogens with two attached hydrogens (primary N) is 1. The lowest BCUT2D eigenvalue weighted by Gasteiger charge is -2.09. The summed E-state index contributed by atoms with van der Waals surface area (Å²) in [5, 5.41) is 3.19. The van der Waals surface area contributed by atoms with Crippen molar-refractivity contribution in [3.8, 4) is 0 Å². The fraction of sp³-hybridized carbons (Fsp3) is 0.364. The number of benzene rings is 1. The summed E-state index contributed by atoms with van der Waals surface area (Å²) in [5.74, 6) is -0.401. The molecule has 0 radical (unpaired) electrons. The molecule has 1 aromatic carbocycles. The summed E-state index contributed by atoms with van der Waals surface area (Å²) in [6, 6.07) is 7.99. The summed E-state index contributed by atoms with van der Waals surface area (Å²) in [6.45, 7) is 3.16. The molecule has 3 nitrogen and oxygen atoms in total. The fourth-order valence-electron chi connectivity index (χ4n) is 1.17. The molecular formula is C11H15BrN2O. The molecule has 0 spiro atoms. The monoisotopic (exact) mass is 270 g/mol. The number of rotatable bonds is 5. The van der Waals surface area contributed by atoms with Gasteiger partial charge in [-0.05, 0) is 11.6 Å². The molecule has 1 aromatic rings. The molecule has 1 amide bonds. The maximum absolute atomic E-state index is 10.8. The number of nitrogens with one attached hydrogen (secondary N) is 1. The normalized spacial score (nSPS) is 12.4. The number of primary amides is 1. The number of carbonyl (C=O) groups is 1. The van der Waals surface area contributed by atoms with Gasteiger partial charge in [-0.1, -0.05) is 41.1 Å². The van der Waals surface area contributed by atoms with Crippen molar-refractivity contribution in [2.45, 2.75) is 13.5 Å². The van der Waals surface area contributed by atoms with Crippen molar-refractivity contribution in [3.63, 3.8) is 0 Å². The predicted molar refractivity (Wildman–Crippen MR) is 64.2 cm³/mol. The molecule has 3 N–H and O–H groups in total. The van der Waals surface area contributed by atoms with Gasteiger partial charge < -0.3 is 11.1 Å². The summed E-state index contributed by atoms with van der Waals surface area (Å²) in [6.07, 6.45) is 0. The van der Waals surface area contributed by atoms with E-state index in [1.165, 1.54) is 5.56 Å². The summed E-state index contributed by atoms with van der Waals surface area (Å²) < 4.78 is 1.07. The molecule has 82 valence electrons. The van der Waals surface area contributed by atoms with E-state index in [4.69, 9.17) is 5.73 Å². The quantitative estimate of drug-likeness (QED) is 0.855. The van der Waals surface area contributed by atoms with Gasteiger partial charge in [-0.15, -0.1) is 0 Å². The maximum atomic E-state index is 10.8. The van der Waals surface area contributed by atoms with E-state index in [9.17, 15) is 4.79 Å². The van der Waals surface area contributed by atoms with Gasteiger partial charge in [0.15, 0.2) is 0 Å². The minimum atomic E-state index is -0.269. The molecule has 0 saturated heterocycles. The van der Waals surface area contributed by atoms with Crippen molar-refractivity contribution < 1.29 is 4.79 Å². The minimum Gasteiger partial charge on any atom is -0.369 e. The Balaban J connectivity index is 2.38. The molecule has 0 aliphatic heterocycles. The predicted octanol–water partition coefficient (Wildman–Crippen LogP) is 1.66. The van der Waals surface area contributed by atoms with Crippen molar-refractivity contribution in [1.82, 2.24) is 5.32 Å². The average Bonchev–Trinajstić information content (AvgIpc) is 2.20. The van der Waals surface area contributed by atoms with Gasteiger partial charge in [-0.2, -0.15) is 0 Å². The molecule has 1 unspecified atom stereocenters. The second kappa shape index (κ2) is 5.88. The van der Waals surface area contributed by atoms with E-state index >= 15 is 0 Å². The summed E-state index contributed by atoms with van der Waals surface area (Å²) >= 11 is 3.46. The highest BCUT2D eigenvalue weighted by molar-refractivity contribution is 9.10. The third kappa shape index (κ3) is 4.01. The lowest BCUT2D eigenvalue weighted by Crippen LogP contribution is -2.30. The first-order valence-electron chi connectivity index (χ1n) is 4.84. The average molecular weight is 271 g/mol. The Bertz CT molecular complexity index is 341. The molecule has 0 aromatic heterocycles. The first kappa shape index (κ1) is 12.2. The number of amides is 1. The lowest BCUT2D eigenvalue weighted by molar-refractivity contribution is -0.121. The van der Waals surface area contributed by atoms with E-state index in [-0.39, 0.29) is 11.8 Å². The number of carbonyl (C=O) groups excluding carboxylic acids is 1. The highest BCUT2D eigenvalue weighted by Crippen LogP contribution is 2.15. The van der Waals surface area contributed by atoms with Gasteiger partial charge in [-0.3, -0.25) is 4.79 Å². The zero-order chi connectivity index (χ0) is 11.3. The van der Waals surface area contributed by atoms with Crippen LogP contribution in [-0.2, 0) is 11.3 Å². The lowest BCUT2D eigenvalue weighted by atomic mass is 10.1. The summed E-state index contributed by atoms with van der Waals surface area (Å²) in [4.78, 5) is 10.8. The van der Waals surface area contributed by atoms with E-state index in [2.05, 4.69) is 21.2 Å². The second-order valence-electron chi connectivity index (χ2n) is 3.53. The largest absolute Gasteiger partial charge is 0.369 e. The van der Waals surface area contributed by atoms with Crippen molar-refractivity contribution >= 4 is 21.8 Å². The van der Waals surface area contributed by atoms with Crippen LogP contribution in [-0.4, -0.2) is 12.5 Å². The van der Waals surface area contributed by atoms with Crippen LogP contribution in [0, 0.1) is 5.92 Å². The van der Waals surface area contributed by atoms with Crippen LogP contribution in [0.2, 0.25) is 0 Å². The van der Waals surface area contributed by atoms with Gasteiger partial charge in [0.1, 0.15) is 0 Å². The molecule has 4 heteroatoms. The van der Waals surface area contributed by atoms with Crippen LogP contribution in [0.3, 0.4) is 0 Å². The van der Waals surface area contributed by atoms with Crippen LogP contribution >= 0.6 is 15.9 Å². The molecule has 1 rings (SSSR count). The zero-order valence-corrected chi connectivity index (χ0v) is 10.3. The van der Waals surface area contributed by atoms with E-state index < -0.39 is 0 Å². The Labute approximate surface area is 98.2 Å². The fourth-order valence-corrected chi connectivity index (χ4v) is 1.59. The Morgan fingerprint density at radius 2 is 2.20 bits per heavy atom. The van der Waals surface area contributed by atoms with Crippen molar-refractivity contribution in [2.24, 2.45) is 11.7 Å². The highest BCUT2D eigenvalue weighted by atomic mass is 79.9. The van der Waals surface area contributed by atoms with Crippen molar-refractivity contribution in [1.29, 1.82) is 0 Å². The van der Waals surface area contributed by atoms with Gasteiger partial charge in [0.25, 0.3) is 0 Å². The van der Waals surface area contributed by atoms with Crippen LogP contribution in [0.15, 0.2) is 28.7 Å². The number of hydrogen-bond acceptors (Lipinski definition) is 2. The Kier molecular flexibility index (Phi) is 4.78. The van der Waals surface area contributed by atoms with Crippen molar-refractivity contribution in [3.05, 3.63) is 34.3 Å². The van der Waals surface area contributed by atoms with Gasteiger partial charge in [0.05, 0.1) is 0 Å². The molecule has 0 heterocycles. The van der Waals surface area contributed by atoms with E-state index in [1.54, 1.807) is 0 Å². The molecule has 0 saturated carbocycles. The van der Waals surface area contributed by atoms with Crippen molar-refractivity contribution in [2.75, 3.05) is 6.54 Å². The molecule has 1 atom stereocenters. The first-order chi connectivity index (χ1) is 7.11. The van der Waals surface area contributed by atoms with Gasteiger partial charge in [0, 0.05) is 23.5 Å². The van der Waals surface area contributed by atoms with Crippen LogP contribution < -0.4 is 11.1 Å². The first-order valence-corrected chi connectivity index (χ1v) is 5.64. The number of halogens is 1. The SMILES string of the molecule is CC(CNCc1ccccc1Br)C(N)=O. The van der Waals surface area contributed by atoms with E-state index in [0.717, 1.165) is 11.0 Å². The van der Waals surface area contributed by atoms with E-state index in [1.807, 2.05) is 31.2 Å². The van der Waals surface area contributed by atoms with Crippen LogP contribution in [0.25, 0.3) is 0 Å². The van der Waals surface area contributed by atoms with Crippen LogP contribution in [0.4, 0.5) is 0 Å². The molecular weight excluding hydrogens is 256 g/mol. The number of hydrogen-bond donors (Lipinski definition) is 2. The summed E-state index contributed by atoms with van der Waals surface area (Å²) in [7, 11) is 0. The van der Waals surface area contributed by atoms with Gasteiger partial charge >= 0.3 is 0 Å². The standard InChI is InChI=1S/C11H15BrN2O/c1-8(11(13)15)6-14-7-9-4-2-3-5-10(9)12/h2-5,8,14H,6-7H2,1H3,(H2,13,15).